The molecule has 0 aliphatic heterocycles. The Labute approximate surface area is 65.3 Å². The molecule has 0 fully saturated rings. The van der Waals surface area contributed by atoms with Crippen LogP contribution in [0.5, 0.6) is 11.5 Å². The fraction of sp³-hybridized carbons (Fsp3) is 0.250. The van der Waals surface area contributed by atoms with E-state index >= 15 is 0 Å². The van der Waals surface area contributed by atoms with Crippen LogP contribution in [0, 0.1) is 0 Å². The molecule has 0 spiro atoms. The summed E-state index contributed by atoms with van der Waals surface area (Å²) in [5.74, 6) is 0.309. The summed E-state index contributed by atoms with van der Waals surface area (Å²) < 4.78 is 0. The number of nitrogens with one attached hydrogen (secondary N) is 1. The summed E-state index contributed by atoms with van der Waals surface area (Å²) in [5.41, 5.74) is 0.563. The SMILES string of the molecule is CCNc1cc(O)ccc1O. The second kappa shape index (κ2) is 3.14. The Hall–Kier alpha value is -1.38. The first-order chi connectivity index (χ1) is 5.24. The normalized spacial score (nSPS) is 9.55. The molecule has 0 saturated heterocycles. The Morgan fingerprint density at radius 1 is 1.36 bits per heavy atom. The minimum absolute atomic E-state index is 0.152. The number of rotatable bonds is 2. The third-order valence-electron chi connectivity index (χ3n) is 1.35. The van der Waals surface area contributed by atoms with Crippen molar-refractivity contribution in [3.63, 3.8) is 0 Å². The second-order valence-electron chi connectivity index (χ2n) is 2.23. The van der Waals surface area contributed by atoms with Gasteiger partial charge in [-0.2, -0.15) is 0 Å². The van der Waals surface area contributed by atoms with Crippen molar-refractivity contribution >= 4 is 5.69 Å². The van der Waals surface area contributed by atoms with E-state index in [9.17, 15) is 5.11 Å². The number of phenols is 2. The van der Waals surface area contributed by atoms with Crippen LogP contribution >= 0.6 is 0 Å². The van der Waals surface area contributed by atoms with Gasteiger partial charge in [0, 0.05) is 12.6 Å². The molecule has 0 aliphatic rings. The van der Waals surface area contributed by atoms with Crippen LogP contribution in [0.4, 0.5) is 5.69 Å². The minimum atomic E-state index is 0.152. The minimum Gasteiger partial charge on any atom is -0.508 e. The lowest BCUT2D eigenvalue weighted by Crippen LogP contribution is -1.95. The summed E-state index contributed by atoms with van der Waals surface area (Å²) >= 11 is 0. The highest BCUT2D eigenvalue weighted by Crippen LogP contribution is 2.26. The van der Waals surface area contributed by atoms with E-state index in [1.54, 1.807) is 0 Å². The van der Waals surface area contributed by atoms with Crippen molar-refractivity contribution in [2.45, 2.75) is 6.92 Å². The topological polar surface area (TPSA) is 52.5 Å². The maximum absolute atomic E-state index is 9.19. The van der Waals surface area contributed by atoms with Crippen molar-refractivity contribution in [3.05, 3.63) is 18.2 Å². The van der Waals surface area contributed by atoms with Crippen LogP contribution in [0.25, 0.3) is 0 Å². The van der Waals surface area contributed by atoms with E-state index in [1.165, 1.54) is 18.2 Å². The lowest BCUT2D eigenvalue weighted by molar-refractivity contribution is 0.462. The molecule has 0 aromatic heterocycles. The average molecular weight is 153 g/mol. The Balaban J connectivity index is 2.93. The summed E-state index contributed by atoms with van der Waals surface area (Å²) in [6, 6.07) is 4.38. The summed E-state index contributed by atoms with van der Waals surface area (Å²) in [6.45, 7) is 2.64. The summed E-state index contributed by atoms with van der Waals surface area (Å²) in [6.07, 6.45) is 0. The summed E-state index contributed by atoms with van der Waals surface area (Å²) in [4.78, 5) is 0. The Morgan fingerprint density at radius 3 is 2.73 bits per heavy atom. The molecule has 1 aromatic carbocycles. The molecule has 0 radical (unpaired) electrons. The fourth-order valence-corrected chi connectivity index (χ4v) is 0.856. The Bertz CT molecular complexity index is 248. The zero-order chi connectivity index (χ0) is 8.27. The molecule has 3 N–H and O–H groups in total. The first kappa shape index (κ1) is 7.72. The molecule has 60 valence electrons. The number of hydrogen-bond donors (Lipinski definition) is 3. The molecule has 0 heterocycles. The van der Waals surface area contributed by atoms with Crippen LogP contribution in [0.15, 0.2) is 18.2 Å². The lowest BCUT2D eigenvalue weighted by atomic mass is 10.3. The molecule has 0 amide bonds. The number of phenolic OH excluding ortho intramolecular Hbond substituents is 2. The van der Waals surface area contributed by atoms with E-state index in [1.807, 2.05) is 6.92 Å². The number of aromatic hydroxyl groups is 2. The monoisotopic (exact) mass is 153 g/mol. The largest absolute Gasteiger partial charge is 0.508 e. The predicted molar refractivity (Wildman–Crippen MR) is 43.9 cm³/mol. The fourth-order valence-electron chi connectivity index (χ4n) is 0.856. The third-order valence-corrected chi connectivity index (χ3v) is 1.35. The number of benzene rings is 1. The number of hydrogen-bond acceptors (Lipinski definition) is 3. The third kappa shape index (κ3) is 1.77. The highest BCUT2D eigenvalue weighted by molar-refractivity contribution is 5.58. The van der Waals surface area contributed by atoms with E-state index < -0.39 is 0 Å². The molecule has 3 heteroatoms. The van der Waals surface area contributed by atoms with Crippen LogP contribution in [0.2, 0.25) is 0 Å². The quantitative estimate of drug-likeness (QED) is 0.446. The van der Waals surface area contributed by atoms with E-state index in [4.69, 9.17) is 5.11 Å². The summed E-state index contributed by atoms with van der Waals surface area (Å²) in [7, 11) is 0. The van der Waals surface area contributed by atoms with E-state index in [0.29, 0.717) is 5.69 Å². The molecular weight excluding hydrogens is 142 g/mol. The molecule has 1 rings (SSSR count). The second-order valence-corrected chi connectivity index (χ2v) is 2.23. The Kier molecular flexibility index (Phi) is 2.21. The molecule has 0 unspecified atom stereocenters. The average Bonchev–Trinajstić information content (AvgIpc) is 1.98. The summed E-state index contributed by atoms with van der Waals surface area (Å²) in [5, 5.41) is 21.1. The molecule has 3 nitrogen and oxygen atoms in total. The van der Waals surface area contributed by atoms with Gasteiger partial charge < -0.3 is 15.5 Å². The maximum Gasteiger partial charge on any atom is 0.138 e. The van der Waals surface area contributed by atoms with Crippen LogP contribution in [-0.4, -0.2) is 16.8 Å². The van der Waals surface area contributed by atoms with Crippen molar-refractivity contribution in [1.82, 2.24) is 0 Å². The Morgan fingerprint density at radius 2 is 2.09 bits per heavy atom. The van der Waals surface area contributed by atoms with E-state index in [2.05, 4.69) is 5.32 Å². The predicted octanol–water partition coefficient (Wildman–Crippen LogP) is 1.53. The zero-order valence-corrected chi connectivity index (χ0v) is 6.33. The smallest absolute Gasteiger partial charge is 0.138 e. The first-order valence-corrected chi connectivity index (χ1v) is 3.50. The highest BCUT2D eigenvalue weighted by Gasteiger charge is 1.98. The van der Waals surface area contributed by atoms with Gasteiger partial charge in [0.1, 0.15) is 11.5 Å². The lowest BCUT2D eigenvalue weighted by Gasteiger charge is -2.05. The van der Waals surface area contributed by atoms with E-state index in [0.717, 1.165) is 6.54 Å². The molecule has 0 bridgehead atoms. The van der Waals surface area contributed by atoms with Crippen molar-refractivity contribution in [2.24, 2.45) is 0 Å². The van der Waals surface area contributed by atoms with Crippen molar-refractivity contribution in [3.8, 4) is 11.5 Å². The molecule has 1 aromatic rings. The van der Waals surface area contributed by atoms with Gasteiger partial charge in [-0.3, -0.25) is 0 Å². The molecule has 0 aliphatic carbocycles. The molecular formula is C8H11NO2. The van der Waals surface area contributed by atoms with Crippen LogP contribution < -0.4 is 5.32 Å². The van der Waals surface area contributed by atoms with Gasteiger partial charge >= 0.3 is 0 Å². The highest BCUT2D eigenvalue weighted by atomic mass is 16.3. The zero-order valence-electron chi connectivity index (χ0n) is 6.33. The van der Waals surface area contributed by atoms with Crippen molar-refractivity contribution in [2.75, 3.05) is 11.9 Å². The van der Waals surface area contributed by atoms with Crippen LogP contribution in [0.1, 0.15) is 6.92 Å². The van der Waals surface area contributed by atoms with Crippen LogP contribution in [0.3, 0.4) is 0 Å². The van der Waals surface area contributed by atoms with Gasteiger partial charge in [0.15, 0.2) is 0 Å². The van der Waals surface area contributed by atoms with Crippen LogP contribution in [-0.2, 0) is 0 Å². The molecule has 11 heavy (non-hydrogen) atoms. The van der Waals surface area contributed by atoms with Gasteiger partial charge in [0.25, 0.3) is 0 Å². The van der Waals surface area contributed by atoms with Gasteiger partial charge in [0.2, 0.25) is 0 Å². The van der Waals surface area contributed by atoms with Crippen molar-refractivity contribution in [1.29, 1.82) is 0 Å². The number of anilines is 1. The van der Waals surface area contributed by atoms with Gasteiger partial charge in [-0.05, 0) is 19.1 Å². The molecule has 0 atom stereocenters. The van der Waals surface area contributed by atoms with Gasteiger partial charge in [-0.15, -0.1) is 0 Å². The molecule has 0 saturated carbocycles. The van der Waals surface area contributed by atoms with Gasteiger partial charge in [-0.25, -0.2) is 0 Å². The van der Waals surface area contributed by atoms with Gasteiger partial charge in [0.05, 0.1) is 5.69 Å². The van der Waals surface area contributed by atoms with E-state index in [-0.39, 0.29) is 11.5 Å². The van der Waals surface area contributed by atoms with Crippen molar-refractivity contribution < 1.29 is 10.2 Å². The van der Waals surface area contributed by atoms with Gasteiger partial charge in [-0.1, -0.05) is 0 Å². The standard InChI is InChI=1S/C8H11NO2/c1-2-9-7-5-6(10)3-4-8(7)11/h3-5,9-11H,2H2,1H3. The maximum atomic E-state index is 9.19. The first-order valence-electron chi connectivity index (χ1n) is 3.50.